The summed E-state index contributed by atoms with van der Waals surface area (Å²) in [5.41, 5.74) is 2.10. The smallest absolute Gasteiger partial charge is 0.237 e. The van der Waals surface area contributed by atoms with E-state index in [-0.39, 0.29) is 5.91 Å². The maximum absolute atomic E-state index is 11.7. The number of hydrogen-bond donors (Lipinski definition) is 4. The quantitative estimate of drug-likeness (QED) is 0.154. The third-order valence-electron chi connectivity index (χ3n) is 3.45. The molecule has 0 spiro atoms. The summed E-state index contributed by atoms with van der Waals surface area (Å²) in [4.78, 5) is 23.2. The van der Waals surface area contributed by atoms with Crippen molar-refractivity contribution in [2.45, 2.75) is 26.0 Å². The maximum Gasteiger partial charge on any atom is 0.237 e. The number of aromatic nitrogens is 2. The van der Waals surface area contributed by atoms with Crippen LogP contribution in [0.25, 0.3) is 0 Å². The number of aliphatic imine (C=N–C) groups is 1. The fourth-order valence-corrected chi connectivity index (χ4v) is 2.79. The number of carbonyl (C=O) groups is 1. The van der Waals surface area contributed by atoms with E-state index in [1.807, 2.05) is 19.2 Å². The molecule has 0 aliphatic heterocycles. The summed E-state index contributed by atoms with van der Waals surface area (Å²) in [7, 11) is 0. The molecule has 1 aromatic rings. The van der Waals surface area contributed by atoms with Crippen molar-refractivity contribution in [2.75, 3.05) is 25.4 Å². The number of H-pyrrole nitrogens is 1. The molecule has 1 amide bonds. The minimum atomic E-state index is -0.629. The van der Waals surface area contributed by atoms with Crippen LogP contribution in [0, 0.1) is 35.6 Å². The van der Waals surface area contributed by atoms with Crippen molar-refractivity contribution in [3.8, 4) is 12.3 Å². The molecule has 0 saturated heterocycles. The fourth-order valence-electron chi connectivity index (χ4n) is 1.94. The molecule has 0 bridgehead atoms. The zero-order valence-corrected chi connectivity index (χ0v) is 15.8. The van der Waals surface area contributed by atoms with Crippen LogP contribution in [0.1, 0.15) is 24.7 Å². The van der Waals surface area contributed by atoms with Gasteiger partial charge in [-0.2, -0.15) is 22.3 Å². The molecule has 1 rings (SSSR count). The SMILES string of the molecule is CCC(C#N)C(=O)NCCNC(=NCCSCc1nc[nH]c1C)NC#N. The fraction of sp³-hybridized carbons (Fsp3) is 0.562. The second kappa shape index (κ2) is 12.6. The van der Waals surface area contributed by atoms with Gasteiger partial charge in [-0.25, -0.2) is 4.98 Å². The number of nitriles is 2. The van der Waals surface area contributed by atoms with Gasteiger partial charge >= 0.3 is 0 Å². The number of thioether (sulfide) groups is 1. The third-order valence-corrected chi connectivity index (χ3v) is 4.40. The highest BCUT2D eigenvalue weighted by molar-refractivity contribution is 7.98. The van der Waals surface area contributed by atoms with Crippen molar-refractivity contribution >= 4 is 23.6 Å². The average Bonchev–Trinajstić information content (AvgIpc) is 3.04. The Kier molecular flexibility index (Phi) is 10.3. The number of imidazole rings is 1. The molecule has 10 heteroatoms. The van der Waals surface area contributed by atoms with Crippen molar-refractivity contribution in [1.29, 1.82) is 10.5 Å². The first kappa shape index (κ1) is 21.3. The summed E-state index contributed by atoms with van der Waals surface area (Å²) >= 11 is 1.71. The van der Waals surface area contributed by atoms with Crippen LogP contribution in [0.15, 0.2) is 11.3 Å². The minimum Gasteiger partial charge on any atom is -0.354 e. The summed E-state index contributed by atoms with van der Waals surface area (Å²) < 4.78 is 0. The average molecular weight is 376 g/mol. The van der Waals surface area contributed by atoms with Crippen LogP contribution in [0.3, 0.4) is 0 Å². The van der Waals surface area contributed by atoms with Crippen LogP contribution in [0.2, 0.25) is 0 Å². The van der Waals surface area contributed by atoms with Gasteiger partial charge in [0.15, 0.2) is 6.19 Å². The minimum absolute atomic E-state index is 0.284. The number of hydrogen-bond acceptors (Lipinski definition) is 6. The molecule has 1 heterocycles. The number of nitrogens with zero attached hydrogens (tertiary/aromatic N) is 4. The van der Waals surface area contributed by atoms with Crippen LogP contribution in [0.5, 0.6) is 0 Å². The molecule has 0 aliphatic carbocycles. The standard InChI is InChI=1S/C16H24N8OS/c1-3-13(8-17)15(25)19-4-5-20-16(22-10-18)21-6-7-26-9-14-12(2)23-11-24-14/h11,13H,3-7,9H2,1-2H3,(H,19,25)(H,23,24)(H2,20,21,22). The van der Waals surface area contributed by atoms with Crippen LogP contribution in [0.4, 0.5) is 0 Å². The second-order valence-corrected chi connectivity index (χ2v) is 6.41. The number of amides is 1. The van der Waals surface area contributed by atoms with Gasteiger partial charge in [0.2, 0.25) is 11.9 Å². The lowest BCUT2D eigenvalue weighted by Gasteiger charge is -2.10. The Morgan fingerprint density at radius 1 is 1.42 bits per heavy atom. The van der Waals surface area contributed by atoms with Crippen LogP contribution in [-0.2, 0) is 10.5 Å². The molecule has 1 aromatic heterocycles. The van der Waals surface area contributed by atoms with Crippen LogP contribution >= 0.6 is 11.8 Å². The molecule has 0 saturated carbocycles. The number of carbonyl (C=O) groups excluding carboxylic acids is 1. The molecule has 0 fully saturated rings. The van der Waals surface area contributed by atoms with Gasteiger partial charge in [0.05, 0.1) is 24.6 Å². The first-order chi connectivity index (χ1) is 12.6. The van der Waals surface area contributed by atoms with Gasteiger partial charge < -0.3 is 15.6 Å². The highest BCUT2D eigenvalue weighted by atomic mass is 32.2. The van der Waals surface area contributed by atoms with Crippen molar-refractivity contribution in [3.63, 3.8) is 0 Å². The van der Waals surface area contributed by atoms with Gasteiger partial charge in [0, 0.05) is 30.3 Å². The lowest BCUT2D eigenvalue weighted by Crippen LogP contribution is -2.41. The predicted molar refractivity (Wildman–Crippen MR) is 101 cm³/mol. The number of guanidine groups is 1. The number of rotatable bonds is 10. The van der Waals surface area contributed by atoms with E-state index in [0.717, 1.165) is 22.9 Å². The first-order valence-electron chi connectivity index (χ1n) is 8.29. The van der Waals surface area contributed by atoms with Crippen molar-refractivity contribution in [2.24, 2.45) is 10.9 Å². The lowest BCUT2D eigenvalue weighted by atomic mass is 10.1. The van der Waals surface area contributed by atoms with Crippen LogP contribution in [-0.4, -0.2) is 47.2 Å². The van der Waals surface area contributed by atoms with E-state index in [1.165, 1.54) is 0 Å². The monoisotopic (exact) mass is 376 g/mol. The molecule has 26 heavy (non-hydrogen) atoms. The largest absolute Gasteiger partial charge is 0.354 e. The third kappa shape index (κ3) is 7.90. The van der Waals surface area contributed by atoms with E-state index in [4.69, 9.17) is 10.5 Å². The van der Waals surface area contributed by atoms with Crippen molar-refractivity contribution in [3.05, 3.63) is 17.7 Å². The first-order valence-corrected chi connectivity index (χ1v) is 9.45. The predicted octanol–water partition coefficient (Wildman–Crippen LogP) is 0.634. The molecule has 0 radical (unpaired) electrons. The Bertz CT molecular complexity index is 673. The van der Waals surface area contributed by atoms with E-state index < -0.39 is 5.92 Å². The molecule has 140 valence electrons. The van der Waals surface area contributed by atoms with Gasteiger partial charge in [0.25, 0.3) is 0 Å². The number of aryl methyl sites for hydroxylation is 1. The molecule has 9 nitrogen and oxygen atoms in total. The second-order valence-electron chi connectivity index (χ2n) is 5.30. The summed E-state index contributed by atoms with van der Waals surface area (Å²) in [6.45, 7) is 5.07. The molecule has 0 aromatic carbocycles. The Morgan fingerprint density at radius 3 is 2.81 bits per heavy atom. The number of nitrogens with one attached hydrogen (secondary N) is 4. The Balaban J connectivity index is 2.26. The Morgan fingerprint density at radius 2 is 2.19 bits per heavy atom. The van der Waals surface area contributed by atoms with Crippen LogP contribution < -0.4 is 16.0 Å². The summed E-state index contributed by atoms with van der Waals surface area (Å²) in [6.07, 6.45) is 3.99. The Labute approximate surface area is 157 Å². The van der Waals surface area contributed by atoms with Crippen molar-refractivity contribution < 1.29 is 4.79 Å². The van der Waals surface area contributed by atoms with Gasteiger partial charge in [-0.1, -0.05) is 6.92 Å². The highest BCUT2D eigenvalue weighted by Gasteiger charge is 2.14. The summed E-state index contributed by atoms with van der Waals surface area (Å²) in [6, 6.07) is 1.95. The molecule has 0 aliphatic rings. The highest BCUT2D eigenvalue weighted by Crippen LogP contribution is 2.11. The molecule has 1 unspecified atom stereocenters. The van der Waals surface area contributed by atoms with Gasteiger partial charge in [0.1, 0.15) is 5.92 Å². The van der Waals surface area contributed by atoms with E-state index in [1.54, 1.807) is 25.0 Å². The molecular weight excluding hydrogens is 352 g/mol. The van der Waals surface area contributed by atoms with E-state index >= 15 is 0 Å². The molecular formula is C16H24N8OS. The topological polar surface area (TPSA) is 142 Å². The lowest BCUT2D eigenvalue weighted by molar-refractivity contribution is -0.123. The van der Waals surface area contributed by atoms with Gasteiger partial charge in [-0.15, -0.1) is 0 Å². The van der Waals surface area contributed by atoms with E-state index in [0.29, 0.717) is 32.0 Å². The number of aromatic amines is 1. The maximum atomic E-state index is 11.7. The van der Waals surface area contributed by atoms with Crippen molar-refractivity contribution in [1.82, 2.24) is 25.9 Å². The van der Waals surface area contributed by atoms with Gasteiger partial charge in [-0.3, -0.25) is 15.1 Å². The normalized spacial score (nSPS) is 11.9. The molecule has 4 N–H and O–H groups in total. The summed E-state index contributed by atoms with van der Waals surface area (Å²) in [5, 5.41) is 25.7. The zero-order chi connectivity index (χ0) is 19.2. The van der Waals surface area contributed by atoms with Gasteiger partial charge in [-0.05, 0) is 13.3 Å². The van der Waals surface area contributed by atoms with E-state index in [2.05, 4.69) is 30.9 Å². The summed E-state index contributed by atoms with van der Waals surface area (Å²) in [5.74, 6) is 1.06. The Hall–Kier alpha value is -2.72. The molecule has 1 atom stereocenters. The van der Waals surface area contributed by atoms with E-state index in [9.17, 15) is 4.79 Å². The zero-order valence-electron chi connectivity index (χ0n) is 15.0.